The lowest BCUT2D eigenvalue weighted by molar-refractivity contribution is 0.656. The van der Waals surface area contributed by atoms with Crippen LogP contribution in [0.3, 0.4) is 0 Å². The number of fused-ring (bicyclic) bond motifs is 7. The molecule has 3 heterocycles. The zero-order valence-corrected chi connectivity index (χ0v) is 23.6. The number of benzene rings is 5. The lowest BCUT2D eigenvalue weighted by Crippen LogP contribution is -2.08. The first-order valence-electron chi connectivity index (χ1n) is 14.4. The van der Waals surface area contributed by atoms with E-state index in [-0.39, 0.29) is 0 Å². The summed E-state index contributed by atoms with van der Waals surface area (Å²) >= 11 is 0. The van der Waals surface area contributed by atoms with Crippen LogP contribution in [0, 0.1) is 0 Å². The third-order valence-corrected chi connectivity index (χ3v) is 8.36. The molecule has 0 amide bonds. The van der Waals surface area contributed by atoms with Crippen molar-refractivity contribution in [1.29, 1.82) is 0 Å². The molecule has 0 atom stereocenters. The number of aromatic nitrogens is 2. The van der Waals surface area contributed by atoms with Crippen molar-refractivity contribution in [3.63, 3.8) is 0 Å². The Hall–Kier alpha value is -4.83. The van der Waals surface area contributed by atoms with Crippen LogP contribution in [0.25, 0.3) is 72.0 Å². The molecule has 0 aliphatic heterocycles. The van der Waals surface area contributed by atoms with E-state index in [9.17, 15) is 0 Å². The molecule has 3 aromatic heterocycles. The fraction of sp³-hybridized carbons (Fsp3) is 0.162. The van der Waals surface area contributed by atoms with E-state index in [0.717, 1.165) is 66.3 Å². The summed E-state index contributed by atoms with van der Waals surface area (Å²) in [5, 5.41) is 4.36. The molecule has 4 heteroatoms. The minimum absolute atomic E-state index is 0.352. The molecule has 0 radical (unpaired) electrons. The molecule has 0 unspecified atom stereocenters. The lowest BCUT2D eigenvalue weighted by Gasteiger charge is -2.22. The van der Waals surface area contributed by atoms with Crippen LogP contribution in [0.2, 0.25) is 0 Å². The highest BCUT2D eigenvalue weighted by molar-refractivity contribution is 6.16. The standard InChI is InChI=1S/C37H30N2O2/c1-21(2)23-12-9-13-24(22(3)4)35(23)39-31-17-7-6-16-30(31)38-37(39)27-15-10-14-26-29-19-28-25-11-5-8-18-32(25)40-33(28)20-34(29)41-36(26)27/h5-22H,1-4H3. The molecular weight excluding hydrogens is 504 g/mol. The number of hydrogen-bond acceptors (Lipinski definition) is 3. The molecule has 41 heavy (non-hydrogen) atoms. The molecule has 0 bridgehead atoms. The van der Waals surface area contributed by atoms with Crippen LogP contribution < -0.4 is 0 Å². The fourth-order valence-electron chi connectivity index (χ4n) is 6.40. The summed E-state index contributed by atoms with van der Waals surface area (Å²) in [6.07, 6.45) is 0. The minimum atomic E-state index is 0.352. The summed E-state index contributed by atoms with van der Waals surface area (Å²) in [6, 6.07) is 33.9. The average molecular weight is 535 g/mol. The van der Waals surface area contributed by atoms with Gasteiger partial charge in [-0.15, -0.1) is 0 Å². The first-order valence-corrected chi connectivity index (χ1v) is 14.4. The van der Waals surface area contributed by atoms with E-state index >= 15 is 0 Å². The molecular formula is C37H30N2O2. The van der Waals surface area contributed by atoms with Gasteiger partial charge < -0.3 is 8.83 Å². The van der Waals surface area contributed by atoms with Gasteiger partial charge in [0.15, 0.2) is 0 Å². The summed E-state index contributed by atoms with van der Waals surface area (Å²) < 4.78 is 15.2. The van der Waals surface area contributed by atoms with E-state index in [1.165, 1.54) is 16.8 Å². The summed E-state index contributed by atoms with van der Waals surface area (Å²) in [6.45, 7) is 9.06. The zero-order chi connectivity index (χ0) is 27.8. The van der Waals surface area contributed by atoms with Gasteiger partial charge in [0.2, 0.25) is 0 Å². The SMILES string of the molecule is CC(C)c1cccc(C(C)C)c1-n1c(-c2cccc3c2oc2cc4oc5ccccc5c4cc23)nc2ccccc21. The van der Waals surface area contributed by atoms with Crippen LogP contribution >= 0.6 is 0 Å². The highest BCUT2D eigenvalue weighted by Gasteiger charge is 2.24. The van der Waals surface area contributed by atoms with Gasteiger partial charge in [-0.2, -0.15) is 0 Å². The maximum atomic E-state index is 6.67. The van der Waals surface area contributed by atoms with Gasteiger partial charge in [-0.1, -0.05) is 88.4 Å². The average Bonchev–Trinajstić information content (AvgIpc) is 3.66. The Bertz CT molecular complexity index is 2250. The van der Waals surface area contributed by atoms with Crippen molar-refractivity contribution in [2.45, 2.75) is 39.5 Å². The number of hydrogen-bond donors (Lipinski definition) is 0. The Morgan fingerprint density at radius 2 is 1.24 bits per heavy atom. The third-order valence-electron chi connectivity index (χ3n) is 8.36. The molecule has 8 aromatic rings. The molecule has 200 valence electrons. The molecule has 0 spiro atoms. The van der Waals surface area contributed by atoms with E-state index in [1.807, 2.05) is 18.2 Å². The van der Waals surface area contributed by atoms with E-state index in [4.69, 9.17) is 13.8 Å². The Morgan fingerprint density at radius 3 is 2.05 bits per heavy atom. The van der Waals surface area contributed by atoms with Crippen LogP contribution in [0.1, 0.15) is 50.7 Å². The molecule has 8 rings (SSSR count). The molecule has 0 fully saturated rings. The largest absolute Gasteiger partial charge is 0.456 e. The normalized spacial score (nSPS) is 12.3. The molecule has 4 nitrogen and oxygen atoms in total. The van der Waals surface area contributed by atoms with Crippen LogP contribution in [0.15, 0.2) is 106 Å². The second-order valence-electron chi connectivity index (χ2n) is 11.6. The maximum absolute atomic E-state index is 6.67. The predicted molar refractivity (Wildman–Crippen MR) is 169 cm³/mol. The Labute approximate surface area is 237 Å². The van der Waals surface area contributed by atoms with Crippen molar-refractivity contribution in [3.8, 4) is 17.1 Å². The van der Waals surface area contributed by atoms with E-state index < -0.39 is 0 Å². The molecule has 0 saturated carbocycles. The molecule has 0 aliphatic carbocycles. The quantitative estimate of drug-likeness (QED) is 0.225. The van der Waals surface area contributed by atoms with E-state index in [0.29, 0.717) is 11.8 Å². The number of para-hydroxylation sites is 5. The first kappa shape index (κ1) is 24.0. The third kappa shape index (κ3) is 3.50. The Balaban J connectivity index is 1.47. The van der Waals surface area contributed by atoms with Crippen LogP contribution in [-0.4, -0.2) is 9.55 Å². The van der Waals surface area contributed by atoms with Gasteiger partial charge >= 0.3 is 0 Å². The smallest absolute Gasteiger partial charge is 0.149 e. The van der Waals surface area contributed by atoms with E-state index in [2.05, 4.69) is 111 Å². The molecule has 0 N–H and O–H groups in total. The number of nitrogens with zero attached hydrogens (tertiary/aromatic N) is 2. The topological polar surface area (TPSA) is 44.1 Å². The summed E-state index contributed by atoms with van der Waals surface area (Å²) in [5.74, 6) is 1.59. The van der Waals surface area contributed by atoms with Crippen molar-refractivity contribution in [2.75, 3.05) is 0 Å². The summed E-state index contributed by atoms with van der Waals surface area (Å²) in [7, 11) is 0. The molecule has 0 aliphatic rings. The Kier molecular flexibility index (Phi) is 5.17. The molecule has 5 aromatic carbocycles. The number of rotatable bonds is 4. The zero-order valence-electron chi connectivity index (χ0n) is 23.6. The lowest BCUT2D eigenvalue weighted by atomic mass is 9.92. The fourth-order valence-corrected chi connectivity index (χ4v) is 6.40. The monoisotopic (exact) mass is 534 g/mol. The minimum Gasteiger partial charge on any atom is -0.456 e. The van der Waals surface area contributed by atoms with Crippen molar-refractivity contribution >= 4 is 54.9 Å². The second kappa shape index (κ2) is 8.84. The van der Waals surface area contributed by atoms with Gasteiger partial charge in [-0.3, -0.25) is 4.57 Å². The van der Waals surface area contributed by atoms with Gasteiger partial charge in [-0.25, -0.2) is 4.98 Å². The van der Waals surface area contributed by atoms with Crippen LogP contribution in [-0.2, 0) is 0 Å². The predicted octanol–water partition coefficient (Wildman–Crippen LogP) is 10.7. The maximum Gasteiger partial charge on any atom is 0.149 e. The van der Waals surface area contributed by atoms with Crippen molar-refractivity contribution in [1.82, 2.24) is 9.55 Å². The highest BCUT2D eigenvalue weighted by atomic mass is 16.3. The van der Waals surface area contributed by atoms with Gasteiger partial charge in [0.05, 0.1) is 22.3 Å². The summed E-state index contributed by atoms with van der Waals surface area (Å²) in [5.41, 5.74) is 10.2. The highest BCUT2D eigenvalue weighted by Crippen LogP contribution is 2.42. The summed E-state index contributed by atoms with van der Waals surface area (Å²) in [4.78, 5) is 5.25. The van der Waals surface area contributed by atoms with Gasteiger partial charge in [-0.05, 0) is 53.3 Å². The number of furan rings is 2. The first-order chi connectivity index (χ1) is 20.0. The Morgan fingerprint density at radius 1 is 0.585 bits per heavy atom. The van der Waals surface area contributed by atoms with Crippen molar-refractivity contribution in [3.05, 3.63) is 108 Å². The van der Waals surface area contributed by atoms with Gasteiger partial charge in [0, 0.05) is 27.6 Å². The molecule has 0 saturated heterocycles. The van der Waals surface area contributed by atoms with Crippen molar-refractivity contribution < 1.29 is 8.83 Å². The van der Waals surface area contributed by atoms with Crippen LogP contribution in [0.4, 0.5) is 0 Å². The second-order valence-corrected chi connectivity index (χ2v) is 11.6. The van der Waals surface area contributed by atoms with E-state index in [1.54, 1.807) is 0 Å². The number of imidazole rings is 1. The van der Waals surface area contributed by atoms with Crippen LogP contribution in [0.5, 0.6) is 0 Å². The van der Waals surface area contributed by atoms with Gasteiger partial charge in [0.1, 0.15) is 28.2 Å². The van der Waals surface area contributed by atoms with Crippen molar-refractivity contribution in [2.24, 2.45) is 0 Å². The van der Waals surface area contributed by atoms with Gasteiger partial charge in [0.25, 0.3) is 0 Å².